The third-order valence-electron chi connectivity index (χ3n) is 4.37. The number of carbonyl (C=O) groups excluding carboxylic acids is 1. The van der Waals surface area contributed by atoms with E-state index in [1.165, 1.54) is 37.6 Å². The summed E-state index contributed by atoms with van der Waals surface area (Å²) in [6.45, 7) is 3.96. The Morgan fingerprint density at radius 3 is 2.52 bits per heavy atom. The smallest absolute Gasteiger partial charge is 0.244 e. The predicted octanol–water partition coefficient (Wildman–Crippen LogP) is 4.27. The van der Waals surface area contributed by atoms with Gasteiger partial charge in [-0.1, -0.05) is 48.0 Å². The van der Waals surface area contributed by atoms with Crippen molar-refractivity contribution in [3.63, 3.8) is 0 Å². The molecular weight excluding hydrogens is 332 g/mol. The monoisotopic (exact) mass is 354 g/mol. The molecule has 1 amide bonds. The van der Waals surface area contributed by atoms with Crippen molar-refractivity contribution in [2.24, 2.45) is 0 Å². The zero-order chi connectivity index (χ0) is 17.5. The maximum Gasteiger partial charge on any atom is 0.244 e. The molecule has 1 fully saturated rings. The minimum Gasteiger partial charge on any atom is -0.348 e. The summed E-state index contributed by atoms with van der Waals surface area (Å²) in [6.07, 6.45) is 5.92. The van der Waals surface area contributed by atoms with E-state index in [0.29, 0.717) is 11.6 Å². The molecule has 1 N–H and O–H groups in total. The van der Waals surface area contributed by atoms with Gasteiger partial charge in [-0.3, -0.25) is 9.69 Å². The number of amides is 1. The third-order valence-corrected chi connectivity index (χ3v) is 4.61. The minimum absolute atomic E-state index is 0.110. The van der Waals surface area contributed by atoms with Gasteiger partial charge in [0.2, 0.25) is 5.91 Å². The number of benzene rings is 2. The molecule has 3 rings (SSSR count). The quantitative estimate of drug-likeness (QED) is 0.786. The molecular formula is C21H23ClN2O. The van der Waals surface area contributed by atoms with Crippen LogP contribution in [0.5, 0.6) is 0 Å². The van der Waals surface area contributed by atoms with E-state index in [-0.39, 0.29) is 5.91 Å². The second-order valence-corrected chi connectivity index (χ2v) is 6.84. The van der Waals surface area contributed by atoms with Gasteiger partial charge in [0, 0.05) is 24.2 Å². The molecule has 0 aromatic heterocycles. The van der Waals surface area contributed by atoms with Crippen molar-refractivity contribution in [1.82, 2.24) is 10.2 Å². The van der Waals surface area contributed by atoms with Gasteiger partial charge in [-0.25, -0.2) is 0 Å². The van der Waals surface area contributed by atoms with E-state index < -0.39 is 0 Å². The van der Waals surface area contributed by atoms with Gasteiger partial charge in [0.1, 0.15) is 0 Å². The molecule has 0 unspecified atom stereocenters. The van der Waals surface area contributed by atoms with Crippen LogP contribution in [0.4, 0.5) is 0 Å². The molecule has 0 spiro atoms. The van der Waals surface area contributed by atoms with Gasteiger partial charge in [-0.05, 0) is 60.8 Å². The summed E-state index contributed by atoms with van der Waals surface area (Å²) >= 11 is 5.93. The van der Waals surface area contributed by atoms with Crippen molar-refractivity contribution in [2.75, 3.05) is 13.1 Å². The summed E-state index contributed by atoms with van der Waals surface area (Å²) in [4.78, 5) is 14.4. The Balaban J connectivity index is 1.46. The zero-order valence-corrected chi connectivity index (χ0v) is 15.0. The summed E-state index contributed by atoms with van der Waals surface area (Å²) in [7, 11) is 0. The number of nitrogens with zero attached hydrogens (tertiary/aromatic N) is 1. The van der Waals surface area contributed by atoms with E-state index >= 15 is 0 Å². The Hall–Kier alpha value is -2.10. The Labute approximate surface area is 154 Å². The van der Waals surface area contributed by atoms with Crippen LogP contribution in [0.3, 0.4) is 0 Å². The number of likely N-dealkylation sites (tertiary alicyclic amines) is 1. The van der Waals surface area contributed by atoms with Crippen LogP contribution < -0.4 is 5.32 Å². The number of hydrogen-bond acceptors (Lipinski definition) is 2. The summed E-state index contributed by atoms with van der Waals surface area (Å²) < 4.78 is 0. The fraction of sp³-hybridized carbons (Fsp3) is 0.286. The summed E-state index contributed by atoms with van der Waals surface area (Å²) in [5, 5.41) is 3.57. The molecule has 25 heavy (non-hydrogen) atoms. The lowest BCUT2D eigenvalue weighted by atomic mass is 10.1. The number of rotatable bonds is 6. The van der Waals surface area contributed by atoms with Crippen molar-refractivity contribution in [3.8, 4) is 0 Å². The lowest BCUT2D eigenvalue weighted by Gasteiger charge is -2.14. The van der Waals surface area contributed by atoms with Gasteiger partial charge in [0.05, 0.1) is 0 Å². The Bertz CT molecular complexity index is 734. The molecule has 1 aliphatic heterocycles. The number of halogens is 1. The molecule has 2 aromatic carbocycles. The van der Waals surface area contributed by atoms with Crippen LogP contribution in [-0.2, 0) is 17.9 Å². The maximum atomic E-state index is 11.9. The van der Waals surface area contributed by atoms with E-state index in [1.807, 2.05) is 24.3 Å². The molecule has 3 nitrogen and oxygen atoms in total. The zero-order valence-electron chi connectivity index (χ0n) is 14.2. The molecule has 1 saturated heterocycles. The fourth-order valence-electron chi connectivity index (χ4n) is 2.99. The maximum absolute atomic E-state index is 11.9. The van der Waals surface area contributed by atoms with E-state index in [1.54, 1.807) is 6.08 Å². The van der Waals surface area contributed by atoms with E-state index in [0.717, 1.165) is 17.7 Å². The first-order valence-electron chi connectivity index (χ1n) is 8.71. The average molecular weight is 355 g/mol. The molecule has 4 heteroatoms. The molecule has 0 saturated carbocycles. The highest BCUT2D eigenvalue weighted by Gasteiger charge is 2.11. The van der Waals surface area contributed by atoms with Crippen LogP contribution in [0.1, 0.15) is 29.5 Å². The first kappa shape index (κ1) is 17.7. The lowest BCUT2D eigenvalue weighted by molar-refractivity contribution is -0.116. The number of nitrogens with one attached hydrogen (secondary N) is 1. The van der Waals surface area contributed by atoms with Crippen molar-refractivity contribution in [2.45, 2.75) is 25.9 Å². The van der Waals surface area contributed by atoms with Gasteiger partial charge >= 0.3 is 0 Å². The third kappa shape index (κ3) is 5.73. The SMILES string of the molecule is O=C(/C=C/c1cccc(Cl)c1)NCc1ccc(CN2CCCC2)cc1. The van der Waals surface area contributed by atoms with Crippen LogP contribution in [0.2, 0.25) is 5.02 Å². The van der Waals surface area contributed by atoms with Gasteiger partial charge in [0.25, 0.3) is 0 Å². The number of hydrogen-bond donors (Lipinski definition) is 1. The van der Waals surface area contributed by atoms with Crippen molar-refractivity contribution >= 4 is 23.6 Å². The highest BCUT2D eigenvalue weighted by atomic mass is 35.5. The minimum atomic E-state index is -0.110. The van der Waals surface area contributed by atoms with Gasteiger partial charge in [0.15, 0.2) is 0 Å². The Kier molecular flexibility index (Phi) is 6.26. The van der Waals surface area contributed by atoms with Crippen LogP contribution in [0.15, 0.2) is 54.6 Å². The molecule has 0 aliphatic carbocycles. The normalized spacial score (nSPS) is 14.9. The lowest BCUT2D eigenvalue weighted by Crippen LogP contribution is -2.20. The van der Waals surface area contributed by atoms with E-state index in [9.17, 15) is 4.79 Å². The van der Waals surface area contributed by atoms with Crippen LogP contribution in [0.25, 0.3) is 6.08 Å². The van der Waals surface area contributed by atoms with Gasteiger partial charge in [-0.2, -0.15) is 0 Å². The van der Waals surface area contributed by atoms with Crippen molar-refractivity contribution in [3.05, 3.63) is 76.3 Å². The van der Waals surface area contributed by atoms with Crippen LogP contribution in [-0.4, -0.2) is 23.9 Å². The molecule has 0 bridgehead atoms. The molecule has 0 atom stereocenters. The Morgan fingerprint density at radius 1 is 1.08 bits per heavy atom. The van der Waals surface area contributed by atoms with Gasteiger partial charge in [-0.15, -0.1) is 0 Å². The highest BCUT2D eigenvalue weighted by molar-refractivity contribution is 6.30. The second kappa shape index (κ2) is 8.84. The molecule has 2 aromatic rings. The number of carbonyl (C=O) groups is 1. The average Bonchev–Trinajstić information content (AvgIpc) is 3.12. The largest absolute Gasteiger partial charge is 0.348 e. The molecule has 0 radical (unpaired) electrons. The summed E-state index contributed by atoms with van der Waals surface area (Å²) in [5.74, 6) is -0.110. The first-order valence-corrected chi connectivity index (χ1v) is 9.08. The van der Waals surface area contributed by atoms with Crippen molar-refractivity contribution in [1.29, 1.82) is 0 Å². The predicted molar refractivity (Wildman–Crippen MR) is 103 cm³/mol. The highest BCUT2D eigenvalue weighted by Crippen LogP contribution is 2.14. The fourth-order valence-corrected chi connectivity index (χ4v) is 3.19. The summed E-state index contributed by atoms with van der Waals surface area (Å²) in [5.41, 5.74) is 3.35. The first-order chi connectivity index (χ1) is 12.2. The van der Waals surface area contributed by atoms with Crippen LogP contribution in [0, 0.1) is 0 Å². The van der Waals surface area contributed by atoms with E-state index in [2.05, 4.69) is 34.5 Å². The van der Waals surface area contributed by atoms with Crippen LogP contribution >= 0.6 is 11.6 Å². The van der Waals surface area contributed by atoms with Gasteiger partial charge < -0.3 is 5.32 Å². The Morgan fingerprint density at radius 2 is 1.80 bits per heavy atom. The molecule has 130 valence electrons. The second-order valence-electron chi connectivity index (χ2n) is 6.41. The topological polar surface area (TPSA) is 32.3 Å². The van der Waals surface area contributed by atoms with E-state index in [4.69, 9.17) is 11.6 Å². The standard InChI is InChI=1S/C21H23ClN2O/c22-20-5-3-4-17(14-20)10-11-21(25)23-15-18-6-8-19(9-7-18)16-24-12-1-2-13-24/h3-11,14H,1-2,12-13,15-16H2,(H,23,25)/b11-10+. The van der Waals surface area contributed by atoms with Crippen molar-refractivity contribution < 1.29 is 4.79 Å². The summed E-state index contributed by atoms with van der Waals surface area (Å²) in [6, 6.07) is 15.9. The molecule has 1 aliphatic rings. The molecule has 1 heterocycles.